The fourth-order valence-corrected chi connectivity index (χ4v) is 1.24. The average Bonchev–Trinajstić information content (AvgIpc) is 2.36. The molecule has 1 rings (SSSR count). The number of nitrogens with one attached hydrogen (secondary N) is 1. The van der Waals surface area contributed by atoms with E-state index in [0.717, 1.165) is 0 Å². The standard InChI is InChI=1S/C11H14N2O5/c1-8(6-14)12-11(15)7-18-10-5-3-2-4-9(10)13(16)17/h2-5,8,14H,6-7H2,1H3,(H,12,15). The average molecular weight is 254 g/mol. The topological polar surface area (TPSA) is 102 Å². The summed E-state index contributed by atoms with van der Waals surface area (Å²) in [5.41, 5.74) is -0.194. The minimum Gasteiger partial charge on any atom is -0.477 e. The number of para-hydroxylation sites is 2. The monoisotopic (exact) mass is 254 g/mol. The van der Waals surface area contributed by atoms with Crippen LogP contribution in [0.1, 0.15) is 6.92 Å². The quantitative estimate of drug-likeness (QED) is 0.567. The van der Waals surface area contributed by atoms with E-state index in [4.69, 9.17) is 9.84 Å². The van der Waals surface area contributed by atoms with Crippen LogP contribution in [0.3, 0.4) is 0 Å². The molecule has 7 heteroatoms. The number of nitro groups is 1. The highest BCUT2D eigenvalue weighted by atomic mass is 16.6. The van der Waals surface area contributed by atoms with Gasteiger partial charge in [-0.15, -0.1) is 0 Å². The van der Waals surface area contributed by atoms with Crippen LogP contribution in [0.2, 0.25) is 0 Å². The zero-order chi connectivity index (χ0) is 13.5. The van der Waals surface area contributed by atoms with Gasteiger partial charge in [0.05, 0.1) is 11.5 Å². The third kappa shape index (κ3) is 4.02. The third-order valence-electron chi connectivity index (χ3n) is 2.10. The summed E-state index contributed by atoms with van der Waals surface area (Å²) in [6.07, 6.45) is 0. The predicted molar refractivity (Wildman–Crippen MR) is 63.3 cm³/mol. The molecule has 1 aromatic rings. The van der Waals surface area contributed by atoms with E-state index in [1.807, 2.05) is 0 Å². The third-order valence-corrected chi connectivity index (χ3v) is 2.10. The number of benzene rings is 1. The zero-order valence-electron chi connectivity index (χ0n) is 9.83. The maximum Gasteiger partial charge on any atom is 0.310 e. The Bertz CT molecular complexity index is 435. The van der Waals surface area contributed by atoms with Crippen LogP contribution in [-0.4, -0.2) is 35.2 Å². The fraction of sp³-hybridized carbons (Fsp3) is 0.364. The number of aliphatic hydroxyl groups excluding tert-OH is 1. The summed E-state index contributed by atoms with van der Waals surface area (Å²) in [5, 5.41) is 21.9. The molecule has 1 amide bonds. The van der Waals surface area contributed by atoms with Gasteiger partial charge in [0.1, 0.15) is 0 Å². The number of aliphatic hydroxyl groups is 1. The molecule has 0 aliphatic rings. The van der Waals surface area contributed by atoms with Crippen molar-refractivity contribution < 1.29 is 19.6 Å². The van der Waals surface area contributed by atoms with Gasteiger partial charge in [-0.25, -0.2) is 0 Å². The van der Waals surface area contributed by atoms with E-state index in [1.54, 1.807) is 13.0 Å². The molecular weight excluding hydrogens is 240 g/mol. The number of nitrogens with zero attached hydrogens (tertiary/aromatic N) is 1. The maximum absolute atomic E-state index is 11.3. The van der Waals surface area contributed by atoms with Gasteiger partial charge < -0.3 is 15.2 Å². The minimum atomic E-state index is -0.580. The number of rotatable bonds is 6. The molecule has 0 bridgehead atoms. The Morgan fingerprint density at radius 2 is 2.22 bits per heavy atom. The van der Waals surface area contributed by atoms with E-state index in [-0.39, 0.29) is 30.7 Å². The number of carbonyl (C=O) groups is 1. The SMILES string of the molecule is CC(CO)NC(=O)COc1ccccc1[N+](=O)[O-]. The van der Waals surface area contributed by atoms with Gasteiger partial charge in [0.2, 0.25) is 0 Å². The number of hydrogen-bond donors (Lipinski definition) is 2. The number of nitro benzene ring substituents is 1. The summed E-state index contributed by atoms with van der Waals surface area (Å²) < 4.78 is 5.07. The van der Waals surface area contributed by atoms with Crippen molar-refractivity contribution in [3.8, 4) is 5.75 Å². The Hall–Kier alpha value is -2.15. The molecule has 0 saturated carbocycles. The summed E-state index contributed by atoms with van der Waals surface area (Å²) in [6, 6.07) is 5.42. The second kappa shape index (κ2) is 6.55. The van der Waals surface area contributed by atoms with Crippen LogP contribution < -0.4 is 10.1 Å². The van der Waals surface area contributed by atoms with Gasteiger partial charge in [-0.2, -0.15) is 0 Å². The van der Waals surface area contributed by atoms with Crippen molar-refractivity contribution in [2.75, 3.05) is 13.2 Å². The summed E-state index contributed by atoms with van der Waals surface area (Å²) in [5.74, 6) is -0.413. The van der Waals surface area contributed by atoms with Crippen LogP contribution in [0.4, 0.5) is 5.69 Å². The first kappa shape index (κ1) is 13.9. The van der Waals surface area contributed by atoms with Crippen LogP contribution in [0.25, 0.3) is 0 Å². The molecule has 18 heavy (non-hydrogen) atoms. The maximum atomic E-state index is 11.3. The van der Waals surface area contributed by atoms with Crippen molar-refractivity contribution in [3.63, 3.8) is 0 Å². The molecule has 1 unspecified atom stereocenters. The van der Waals surface area contributed by atoms with Crippen molar-refractivity contribution in [2.24, 2.45) is 0 Å². The first-order valence-corrected chi connectivity index (χ1v) is 5.31. The lowest BCUT2D eigenvalue weighted by Gasteiger charge is -2.11. The second-order valence-electron chi connectivity index (χ2n) is 3.66. The van der Waals surface area contributed by atoms with Crippen LogP contribution in [0, 0.1) is 10.1 Å². The smallest absolute Gasteiger partial charge is 0.310 e. The van der Waals surface area contributed by atoms with Crippen LogP contribution >= 0.6 is 0 Å². The molecule has 0 fully saturated rings. The first-order valence-electron chi connectivity index (χ1n) is 5.31. The summed E-state index contributed by atoms with van der Waals surface area (Å²) in [6.45, 7) is 1.11. The summed E-state index contributed by atoms with van der Waals surface area (Å²) in [7, 11) is 0. The minimum absolute atomic E-state index is 0.0364. The molecule has 98 valence electrons. The Morgan fingerprint density at radius 1 is 1.56 bits per heavy atom. The number of hydrogen-bond acceptors (Lipinski definition) is 5. The van der Waals surface area contributed by atoms with E-state index in [1.165, 1.54) is 18.2 Å². The van der Waals surface area contributed by atoms with Gasteiger partial charge in [-0.1, -0.05) is 12.1 Å². The molecule has 0 heterocycles. The highest BCUT2D eigenvalue weighted by Gasteiger charge is 2.15. The molecule has 0 saturated heterocycles. The zero-order valence-corrected chi connectivity index (χ0v) is 9.83. The first-order chi connectivity index (χ1) is 8.54. The lowest BCUT2D eigenvalue weighted by Crippen LogP contribution is -2.38. The lowest BCUT2D eigenvalue weighted by atomic mass is 10.3. The van der Waals surface area contributed by atoms with E-state index in [9.17, 15) is 14.9 Å². The van der Waals surface area contributed by atoms with Gasteiger partial charge in [-0.05, 0) is 13.0 Å². The Labute approximate surface area is 104 Å². The van der Waals surface area contributed by atoms with Crippen molar-refractivity contribution in [3.05, 3.63) is 34.4 Å². The Morgan fingerprint density at radius 3 is 2.83 bits per heavy atom. The molecule has 0 aliphatic heterocycles. The van der Waals surface area contributed by atoms with Gasteiger partial charge in [0.15, 0.2) is 12.4 Å². The van der Waals surface area contributed by atoms with Gasteiger partial charge >= 0.3 is 5.69 Å². The molecule has 0 radical (unpaired) electrons. The van der Waals surface area contributed by atoms with E-state index >= 15 is 0 Å². The van der Waals surface area contributed by atoms with Crippen LogP contribution in [0.15, 0.2) is 24.3 Å². The second-order valence-corrected chi connectivity index (χ2v) is 3.66. The summed E-state index contributed by atoms with van der Waals surface area (Å²) in [4.78, 5) is 21.5. The normalized spacial score (nSPS) is 11.7. The highest BCUT2D eigenvalue weighted by Crippen LogP contribution is 2.25. The number of carbonyl (C=O) groups excluding carboxylic acids is 1. The van der Waals surface area contributed by atoms with E-state index < -0.39 is 10.8 Å². The fourth-order valence-electron chi connectivity index (χ4n) is 1.24. The van der Waals surface area contributed by atoms with Crippen molar-refractivity contribution >= 4 is 11.6 Å². The molecule has 0 aliphatic carbocycles. The van der Waals surface area contributed by atoms with E-state index in [0.29, 0.717) is 0 Å². The number of ether oxygens (including phenoxy) is 1. The molecular formula is C11H14N2O5. The van der Waals surface area contributed by atoms with Crippen molar-refractivity contribution in [1.82, 2.24) is 5.32 Å². The summed E-state index contributed by atoms with van der Waals surface area (Å²) >= 11 is 0. The van der Waals surface area contributed by atoms with Crippen molar-refractivity contribution in [1.29, 1.82) is 0 Å². The van der Waals surface area contributed by atoms with Gasteiger partial charge in [0.25, 0.3) is 5.91 Å². The number of amides is 1. The predicted octanol–water partition coefficient (Wildman–Crippen LogP) is 0.471. The van der Waals surface area contributed by atoms with E-state index in [2.05, 4.69) is 5.32 Å². The van der Waals surface area contributed by atoms with Crippen LogP contribution in [-0.2, 0) is 4.79 Å². The molecule has 7 nitrogen and oxygen atoms in total. The lowest BCUT2D eigenvalue weighted by molar-refractivity contribution is -0.385. The highest BCUT2D eigenvalue weighted by molar-refractivity contribution is 5.77. The largest absolute Gasteiger partial charge is 0.477 e. The molecule has 0 spiro atoms. The van der Waals surface area contributed by atoms with Crippen LogP contribution in [0.5, 0.6) is 5.75 Å². The van der Waals surface area contributed by atoms with Gasteiger partial charge in [-0.3, -0.25) is 14.9 Å². The Kier molecular flexibility index (Phi) is 5.06. The Balaban J connectivity index is 2.58. The van der Waals surface area contributed by atoms with Gasteiger partial charge in [0, 0.05) is 12.1 Å². The van der Waals surface area contributed by atoms with Crippen molar-refractivity contribution in [2.45, 2.75) is 13.0 Å². The molecule has 1 aromatic carbocycles. The molecule has 2 N–H and O–H groups in total. The molecule has 1 atom stereocenters. The molecule has 0 aromatic heterocycles.